The lowest BCUT2D eigenvalue weighted by atomic mass is 9.89. The first kappa shape index (κ1) is 21.7. The van der Waals surface area contributed by atoms with Crippen molar-refractivity contribution >= 4 is 22.9 Å². The van der Waals surface area contributed by atoms with Gasteiger partial charge in [-0.15, -0.1) is 11.3 Å². The van der Waals surface area contributed by atoms with Gasteiger partial charge >= 0.3 is 6.18 Å². The third-order valence-electron chi connectivity index (χ3n) is 5.02. The van der Waals surface area contributed by atoms with Crippen molar-refractivity contribution in [1.29, 1.82) is 0 Å². The van der Waals surface area contributed by atoms with E-state index in [1.807, 2.05) is 36.6 Å². The number of anilines is 1. The molecule has 4 rings (SSSR count). The van der Waals surface area contributed by atoms with Crippen molar-refractivity contribution in [3.63, 3.8) is 0 Å². The van der Waals surface area contributed by atoms with Crippen molar-refractivity contribution in [3.05, 3.63) is 111 Å². The van der Waals surface area contributed by atoms with E-state index in [1.165, 1.54) is 23.5 Å². The monoisotopic (exact) mass is 453 g/mol. The molecule has 1 N–H and O–H groups in total. The fourth-order valence-corrected chi connectivity index (χ4v) is 4.23. The summed E-state index contributed by atoms with van der Waals surface area (Å²) in [5.41, 5.74) is 2.42. The molecule has 0 aliphatic rings. The molecule has 162 valence electrons. The second-order valence-electron chi connectivity index (χ2n) is 7.19. The molecular formula is C24H18F3N3OS. The number of carbonyl (C=O) groups excluding carboxylic acids is 1. The van der Waals surface area contributed by atoms with Gasteiger partial charge in [0.25, 0.3) is 5.91 Å². The van der Waals surface area contributed by atoms with Gasteiger partial charge in [-0.05, 0) is 60.0 Å². The molecule has 0 saturated heterocycles. The minimum atomic E-state index is -4.52. The van der Waals surface area contributed by atoms with E-state index in [1.54, 1.807) is 24.7 Å². The molecule has 2 heterocycles. The molecular weight excluding hydrogens is 435 g/mol. The number of carbonyl (C=O) groups is 1. The summed E-state index contributed by atoms with van der Waals surface area (Å²) >= 11 is 1.52. The summed E-state index contributed by atoms with van der Waals surface area (Å²) in [6.45, 7) is 1.96. The highest BCUT2D eigenvalue weighted by atomic mass is 32.1. The number of nitrogens with zero attached hydrogens (tertiary/aromatic N) is 2. The second kappa shape index (κ2) is 8.92. The smallest absolute Gasteiger partial charge is 0.322 e. The van der Waals surface area contributed by atoms with Crippen LogP contribution in [0.5, 0.6) is 0 Å². The molecule has 0 fully saturated rings. The fraction of sp³-hybridized carbons (Fsp3) is 0.125. The van der Waals surface area contributed by atoms with Gasteiger partial charge in [-0.25, -0.2) is 4.98 Å². The number of hydrogen-bond donors (Lipinski definition) is 1. The summed E-state index contributed by atoms with van der Waals surface area (Å²) in [4.78, 5) is 21.4. The summed E-state index contributed by atoms with van der Waals surface area (Å²) in [5.74, 6) is -0.799. The summed E-state index contributed by atoms with van der Waals surface area (Å²) in [6, 6.07) is 13.6. The van der Waals surface area contributed by atoms with Crippen LogP contribution in [0.2, 0.25) is 0 Å². The molecule has 0 bridgehead atoms. The number of thiazole rings is 1. The van der Waals surface area contributed by atoms with Gasteiger partial charge in [0.1, 0.15) is 5.01 Å². The predicted molar refractivity (Wildman–Crippen MR) is 118 cm³/mol. The molecule has 1 unspecified atom stereocenters. The van der Waals surface area contributed by atoms with Crippen molar-refractivity contribution in [2.24, 2.45) is 0 Å². The number of hydrogen-bond acceptors (Lipinski definition) is 4. The molecule has 0 spiro atoms. The Hall–Kier alpha value is -3.52. The van der Waals surface area contributed by atoms with Crippen molar-refractivity contribution in [2.45, 2.75) is 19.0 Å². The molecule has 4 aromatic rings. The zero-order valence-corrected chi connectivity index (χ0v) is 17.7. The average molecular weight is 453 g/mol. The minimum absolute atomic E-state index is 0.0642. The number of aryl methyl sites for hydroxylation is 1. The number of halogens is 3. The maximum atomic E-state index is 13.0. The second-order valence-corrected chi connectivity index (χ2v) is 8.12. The number of amides is 1. The van der Waals surface area contributed by atoms with Crippen LogP contribution in [0.1, 0.15) is 43.5 Å². The third kappa shape index (κ3) is 4.70. The van der Waals surface area contributed by atoms with Crippen LogP contribution < -0.4 is 5.32 Å². The first-order valence-electron chi connectivity index (χ1n) is 9.71. The van der Waals surface area contributed by atoms with Gasteiger partial charge < -0.3 is 5.32 Å². The molecule has 1 amide bonds. The predicted octanol–water partition coefficient (Wildman–Crippen LogP) is 6.30. The fourth-order valence-electron chi connectivity index (χ4n) is 3.45. The van der Waals surface area contributed by atoms with E-state index < -0.39 is 17.6 Å². The lowest BCUT2D eigenvalue weighted by Crippen LogP contribution is -2.14. The molecule has 0 aliphatic heterocycles. The molecule has 2 aromatic carbocycles. The van der Waals surface area contributed by atoms with Crippen LogP contribution in [0.15, 0.2) is 78.6 Å². The first-order valence-corrected chi connectivity index (χ1v) is 10.6. The molecule has 8 heteroatoms. The molecule has 0 radical (unpaired) electrons. The Morgan fingerprint density at radius 3 is 2.59 bits per heavy atom. The quantitative estimate of drug-likeness (QED) is 0.386. The van der Waals surface area contributed by atoms with E-state index in [0.29, 0.717) is 5.69 Å². The summed E-state index contributed by atoms with van der Waals surface area (Å²) < 4.78 is 39.0. The zero-order valence-electron chi connectivity index (χ0n) is 16.9. The topological polar surface area (TPSA) is 54.9 Å². The van der Waals surface area contributed by atoms with Crippen LogP contribution in [0.25, 0.3) is 0 Å². The van der Waals surface area contributed by atoms with E-state index in [0.717, 1.165) is 33.8 Å². The number of aromatic nitrogens is 2. The Kier molecular flexibility index (Phi) is 6.05. The van der Waals surface area contributed by atoms with E-state index >= 15 is 0 Å². The minimum Gasteiger partial charge on any atom is -0.322 e. The molecule has 0 saturated carbocycles. The van der Waals surface area contributed by atoms with Crippen LogP contribution >= 0.6 is 11.3 Å². The average Bonchev–Trinajstić information content (AvgIpc) is 3.31. The largest absolute Gasteiger partial charge is 0.416 e. The highest BCUT2D eigenvalue weighted by Gasteiger charge is 2.31. The molecule has 0 aliphatic carbocycles. The molecule has 1 atom stereocenters. The van der Waals surface area contributed by atoms with Crippen LogP contribution in [-0.2, 0) is 6.18 Å². The van der Waals surface area contributed by atoms with Gasteiger partial charge in [0.05, 0.1) is 11.5 Å². The maximum absolute atomic E-state index is 13.0. The summed E-state index contributed by atoms with van der Waals surface area (Å²) in [7, 11) is 0. The first-order chi connectivity index (χ1) is 15.3. The number of rotatable bonds is 5. The van der Waals surface area contributed by atoms with E-state index in [-0.39, 0.29) is 11.5 Å². The Morgan fingerprint density at radius 1 is 1.06 bits per heavy atom. The van der Waals surface area contributed by atoms with Crippen molar-refractivity contribution in [3.8, 4) is 0 Å². The number of pyridine rings is 1. The Morgan fingerprint density at radius 2 is 1.91 bits per heavy atom. The van der Waals surface area contributed by atoms with E-state index in [2.05, 4.69) is 15.3 Å². The molecule has 4 nitrogen and oxygen atoms in total. The van der Waals surface area contributed by atoms with Crippen LogP contribution in [-0.4, -0.2) is 15.9 Å². The lowest BCUT2D eigenvalue weighted by Gasteiger charge is -2.19. The van der Waals surface area contributed by atoms with Gasteiger partial charge in [0, 0.05) is 35.2 Å². The zero-order chi connectivity index (χ0) is 22.7. The maximum Gasteiger partial charge on any atom is 0.416 e. The van der Waals surface area contributed by atoms with Gasteiger partial charge in [-0.2, -0.15) is 13.2 Å². The SMILES string of the molecule is Cc1ccc(NC(=O)c2cccc(C(F)(F)F)c2)cc1C(c1cccnc1)c1nccs1. The molecule has 2 aromatic heterocycles. The normalized spacial score (nSPS) is 12.4. The van der Waals surface area contributed by atoms with Gasteiger partial charge in [-0.1, -0.05) is 18.2 Å². The Balaban J connectivity index is 1.68. The van der Waals surface area contributed by atoms with E-state index in [9.17, 15) is 18.0 Å². The van der Waals surface area contributed by atoms with E-state index in [4.69, 9.17) is 0 Å². The van der Waals surface area contributed by atoms with Crippen LogP contribution in [0, 0.1) is 6.92 Å². The van der Waals surface area contributed by atoms with Crippen LogP contribution in [0.3, 0.4) is 0 Å². The van der Waals surface area contributed by atoms with Gasteiger partial charge in [-0.3, -0.25) is 9.78 Å². The Bertz CT molecular complexity index is 1220. The summed E-state index contributed by atoms with van der Waals surface area (Å²) in [6.07, 6.45) is 0.691. The lowest BCUT2D eigenvalue weighted by molar-refractivity contribution is -0.137. The van der Waals surface area contributed by atoms with Gasteiger partial charge in [0.2, 0.25) is 0 Å². The molecule has 32 heavy (non-hydrogen) atoms. The van der Waals surface area contributed by atoms with Crippen molar-refractivity contribution in [1.82, 2.24) is 9.97 Å². The number of alkyl halides is 3. The number of nitrogens with one attached hydrogen (secondary N) is 1. The Labute approximate surface area is 186 Å². The van der Waals surface area contributed by atoms with Crippen LogP contribution in [0.4, 0.5) is 18.9 Å². The van der Waals surface area contributed by atoms with Crippen molar-refractivity contribution in [2.75, 3.05) is 5.32 Å². The summed E-state index contributed by atoms with van der Waals surface area (Å²) in [5, 5.41) is 5.49. The van der Waals surface area contributed by atoms with Gasteiger partial charge in [0.15, 0.2) is 0 Å². The van der Waals surface area contributed by atoms with Crippen molar-refractivity contribution < 1.29 is 18.0 Å². The highest BCUT2D eigenvalue weighted by Crippen LogP contribution is 2.36. The standard InChI is InChI=1S/C24H18F3N3OS/c1-15-7-8-19(30-22(31)16-4-2-6-18(12-16)24(25,26)27)13-20(15)21(23-29-10-11-32-23)17-5-3-9-28-14-17/h2-14,21H,1H3,(H,30,31). The number of benzene rings is 2. The third-order valence-corrected chi connectivity index (χ3v) is 5.86. The highest BCUT2D eigenvalue weighted by molar-refractivity contribution is 7.09.